The molecule has 0 saturated heterocycles. The largest absolute Gasteiger partial charge is 0.179 e. The molecule has 1 atom stereocenters. The Morgan fingerprint density at radius 1 is 1.50 bits per heavy atom. The van der Waals surface area contributed by atoms with Gasteiger partial charge in [-0.05, 0) is 18.6 Å². The SMILES string of the molecule is CCCC([S])CCS. The van der Waals surface area contributed by atoms with Crippen LogP contribution in [0.3, 0.4) is 0 Å². The van der Waals surface area contributed by atoms with Gasteiger partial charge >= 0.3 is 0 Å². The van der Waals surface area contributed by atoms with Crippen molar-refractivity contribution >= 4 is 25.3 Å². The molecule has 0 rings (SSSR count). The van der Waals surface area contributed by atoms with Gasteiger partial charge in [-0.1, -0.05) is 26.0 Å². The molecule has 0 nitrogen and oxygen atoms in total. The first-order valence-electron chi connectivity index (χ1n) is 3.08. The van der Waals surface area contributed by atoms with E-state index in [9.17, 15) is 0 Å². The van der Waals surface area contributed by atoms with Crippen LogP contribution in [0.4, 0.5) is 0 Å². The van der Waals surface area contributed by atoms with E-state index in [1.54, 1.807) is 0 Å². The third-order valence-electron chi connectivity index (χ3n) is 1.06. The van der Waals surface area contributed by atoms with Crippen LogP contribution in [0.1, 0.15) is 26.2 Å². The molecule has 0 aliphatic rings. The van der Waals surface area contributed by atoms with Crippen LogP contribution in [0.25, 0.3) is 0 Å². The normalized spacial score (nSPS) is 13.9. The third kappa shape index (κ3) is 4.85. The van der Waals surface area contributed by atoms with E-state index in [1.807, 2.05) is 0 Å². The predicted molar refractivity (Wildman–Crippen MR) is 44.8 cm³/mol. The Bertz CT molecular complexity index is 39.8. The quantitative estimate of drug-likeness (QED) is 0.584. The van der Waals surface area contributed by atoms with Crippen LogP contribution in [-0.2, 0) is 0 Å². The van der Waals surface area contributed by atoms with E-state index < -0.39 is 0 Å². The molecule has 1 unspecified atom stereocenters. The minimum Gasteiger partial charge on any atom is -0.179 e. The molecule has 0 saturated carbocycles. The van der Waals surface area contributed by atoms with Gasteiger partial charge in [0.1, 0.15) is 0 Å². The fourth-order valence-corrected chi connectivity index (χ4v) is 1.45. The highest BCUT2D eigenvalue weighted by atomic mass is 32.1. The van der Waals surface area contributed by atoms with E-state index in [-0.39, 0.29) is 0 Å². The Kier molecular flexibility index (Phi) is 6.34. The van der Waals surface area contributed by atoms with Crippen molar-refractivity contribution in [3.63, 3.8) is 0 Å². The zero-order valence-corrected chi connectivity index (χ0v) is 6.97. The van der Waals surface area contributed by atoms with Crippen LogP contribution in [-0.4, -0.2) is 11.0 Å². The van der Waals surface area contributed by atoms with E-state index in [0.717, 1.165) is 12.2 Å². The van der Waals surface area contributed by atoms with Gasteiger partial charge in [-0.25, -0.2) is 0 Å². The molecule has 2 heteroatoms. The molecule has 0 aliphatic carbocycles. The molecular formula is C6H13S2. The number of rotatable bonds is 4. The first kappa shape index (κ1) is 8.70. The van der Waals surface area contributed by atoms with Gasteiger partial charge < -0.3 is 0 Å². The highest BCUT2D eigenvalue weighted by Crippen LogP contribution is 2.08. The standard InChI is InChI=1S/C6H13S2/c1-2-3-6(8)4-5-7/h6-7H,2-5H2,1H3. The van der Waals surface area contributed by atoms with Gasteiger partial charge in [0.15, 0.2) is 0 Å². The molecule has 49 valence electrons. The van der Waals surface area contributed by atoms with Crippen LogP contribution in [0.15, 0.2) is 0 Å². The average Bonchev–Trinajstić information content (AvgIpc) is 1.68. The van der Waals surface area contributed by atoms with Crippen LogP contribution < -0.4 is 0 Å². The summed E-state index contributed by atoms with van der Waals surface area (Å²) < 4.78 is 0. The van der Waals surface area contributed by atoms with Crippen molar-refractivity contribution in [2.75, 3.05) is 5.75 Å². The predicted octanol–water partition coefficient (Wildman–Crippen LogP) is 2.67. The van der Waals surface area contributed by atoms with Gasteiger partial charge in [-0.2, -0.15) is 12.6 Å². The molecule has 0 aliphatic heterocycles. The summed E-state index contributed by atoms with van der Waals surface area (Å²) in [6.07, 6.45) is 3.48. The first-order chi connectivity index (χ1) is 3.81. The summed E-state index contributed by atoms with van der Waals surface area (Å²) in [5.41, 5.74) is 0. The van der Waals surface area contributed by atoms with Gasteiger partial charge in [-0.3, -0.25) is 0 Å². The fraction of sp³-hybridized carbons (Fsp3) is 1.00. The smallest absolute Gasteiger partial charge is 0.0159 e. The Morgan fingerprint density at radius 2 is 2.12 bits per heavy atom. The van der Waals surface area contributed by atoms with Crippen molar-refractivity contribution in [2.45, 2.75) is 31.4 Å². The lowest BCUT2D eigenvalue weighted by molar-refractivity contribution is 0.729. The highest BCUT2D eigenvalue weighted by Gasteiger charge is 1.98. The van der Waals surface area contributed by atoms with Crippen LogP contribution in [0.5, 0.6) is 0 Å². The lowest BCUT2D eigenvalue weighted by Crippen LogP contribution is -1.97. The maximum Gasteiger partial charge on any atom is 0.0159 e. The summed E-state index contributed by atoms with van der Waals surface area (Å²) in [7, 11) is 0. The minimum absolute atomic E-state index is 0.470. The molecule has 0 aromatic rings. The number of hydrogen-bond acceptors (Lipinski definition) is 1. The lowest BCUT2D eigenvalue weighted by atomic mass is 10.2. The van der Waals surface area contributed by atoms with Crippen molar-refractivity contribution in [2.24, 2.45) is 0 Å². The number of hydrogen-bond donors (Lipinski definition) is 1. The van der Waals surface area contributed by atoms with Crippen LogP contribution in [0, 0.1) is 0 Å². The van der Waals surface area contributed by atoms with Crippen molar-refractivity contribution in [1.82, 2.24) is 0 Å². The second-order valence-electron chi connectivity index (χ2n) is 1.92. The molecule has 0 fully saturated rings. The molecular weight excluding hydrogens is 136 g/mol. The van der Waals surface area contributed by atoms with Crippen LogP contribution >= 0.6 is 25.3 Å². The van der Waals surface area contributed by atoms with E-state index in [1.165, 1.54) is 12.8 Å². The molecule has 1 radical (unpaired) electrons. The summed E-state index contributed by atoms with van der Waals surface area (Å²) in [4.78, 5) is 0. The molecule has 0 heterocycles. The van der Waals surface area contributed by atoms with Gasteiger partial charge in [0, 0.05) is 5.25 Å². The van der Waals surface area contributed by atoms with Gasteiger partial charge in [0.25, 0.3) is 0 Å². The monoisotopic (exact) mass is 149 g/mol. The summed E-state index contributed by atoms with van der Waals surface area (Å²) in [5.74, 6) is 0.939. The van der Waals surface area contributed by atoms with Gasteiger partial charge in [-0.15, -0.1) is 0 Å². The van der Waals surface area contributed by atoms with Crippen molar-refractivity contribution < 1.29 is 0 Å². The molecule has 0 aromatic carbocycles. The van der Waals surface area contributed by atoms with Gasteiger partial charge in [0.2, 0.25) is 0 Å². The topological polar surface area (TPSA) is 0 Å². The summed E-state index contributed by atoms with van der Waals surface area (Å²) in [6.45, 7) is 2.16. The molecule has 0 amide bonds. The zero-order valence-electron chi connectivity index (χ0n) is 5.26. The number of thiol groups is 1. The average molecular weight is 149 g/mol. The molecule has 8 heavy (non-hydrogen) atoms. The van der Waals surface area contributed by atoms with E-state index >= 15 is 0 Å². The molecule has 0 bridgehead atoms. The van der Waals surface area contributed by atoms with Crippen molar-refractivity contribution in [3.8, 4) is 0 Å². The Balaban J connectivity index is 2.92. The second kappa shape index (κ2) is 5.83. The third-order valence-corrected chi connectivity index (χ3v) is 1.79. The van der Waals surface area contributed by atoms with Crippen molar-refractivity contribution in [1.29, 1.82) is 0 Å². The Labute approximate surface area is 62.9 Å². The maximum absolute atomic E-state index is 5.09. The summed E-state index contributed by atoms with van der Waals surface area (Å²) in [6, 6.07) is 0. The first-order valence-corrected chi connectivity index (χ1v) is 4.18. The molecule has 0 N–H and O–H groups in total. The Morgan fingerprint density at radius 3 is 2.50 bits per heavy atom. The minimum atomic E-state index is 0.470. The molecule has 0 spiro atoms. The van der Waals surface area contributed by atoms with Crippen LogP contribution in [0.2, 0.25) is 0 Å². The summed E-state index contributed by atoms with van der Waals surface area (Å²) >= 11 is 9.17. The van der Waals surface area contributed by atoms with E-state index in [0.29, 0.717) is 5.25 Å². The van der Waals surface area contributed by atoms with Crippen molar-refractivity contribution in [3.05, 3.63) is 0 Å². The second-order valence-corrected chi connectivity index (χ2v) is 3.04. The van der Waals surface area contributed by atoms with E-state index in [4.69, 9.17) is 12.6 Å². The molecule has 0 aromatic heterocycles. The van der Waals surface area contributed by atoms with Gasteiger partial charge in [0.05, 0.1) is 0 Å². The van der Waals surface area contributed by atoms with E-state index in [2.05, 4.69) is 19.6 Å². The lowest BCUT2D eigenvalue weighted by Gasteiger charge is -2.03. The highest BCUT2D eigenvalue weighted by molar-refractivity contribution is 7.81. The maximum atomic E-state index is 5.09. The summed E-state index contributed by atoms with van der Waals surface area (Å²) in [5, 5.41) is 0.470. The fourth-order valence-electron chi connectivity index (χ4n) is 0.610. The Hall–Kier alpha value is 0.700. The zero-order chi connectivity index (χ0) is 6.41.